The quantitative estimate of drug-likeness (QED) is 0.842. The molecule has 16 heavy (non-hydrogen) atoms. The maximum Gasteiger partial charge on any atom is 0.128 e. The smallest absolute Gasteiger partial charge is 0.128 e. The Labute approximate surface area is 97.9 Å². The molecule has 0 aliphatic carbocycles. The van der Waals surface area contributed by atoms with Crippen LogP contribution in [0.2, 0.25) is 0 Å². The van der Waals surface area contributed by atoms with Crippen molar-refractivity contribution in [3.63, 3.8) is 0 Å². The fourth-order valence-corrected chi connectivity index (χ4v) is 2.25. The number of nitrogens with one attached hydrogen (secondary N) is 1. The van der Waals surface area contributed by atoms with Crippen LogP contribution in [0, 0.1) is 0 Å². The van der Waals surface area contributed by atoms with Gasteiger partial charge in [0.1, 0.15) is 5.82 Å². The number of aromatic nitrogens is 1. The number of nitrogens with zero attached hydrogens (tertiary/aromatic N) is 2. The van der Waals surface area contributed by atoms with Crippen LogP contribution in [0.5, 0.6) is 0 Å². The van der Waals surface area contributed by atoms with Crippen molar-refractivity contribution in [3.8, 4) is 0 Å². The van der Waals surface area contributed by atoms with Crippen molar-refractivity contribution in [1.29, 1.82) is 0 Å². The highest BCUT2D eigenvalue weighted by molar-refractivity contribution is 5.42. The third-order valence-electron chi connectivity index (χ3n) is 3.21. The highest BCUT2D eigenvalue weighted by Crippen LogP contribution is 2.21. The van der Waals surface area contributed by atoms with E-state index in [1.165, 1.54) is 18.4 Å². The van der Waals surface area contributed by atoms with Crippen LogP contribution in [0.25, 0.3) is 0 Å². The summed E-state index contributed by atoms with van der Waals surface area (Å²) >= 11 is 0. The van der Waals surface area contributed by atoms with Gasteiger partial charge in [-0.25, -0.2) is 4.98 Å². The first-order chi connectivity index (χ1) is 7.81. The molecule has 88 valence electrons. The molecule has 0 amide bonds. The van der Waals surface area contributed by atoms with Crippen molar-refractivity contribution in [1.82, 2.24) is 10.3 Å². The van der Waals surface area contributed by atoms with Crippen molar-refractivity contribution in [2.45, 2.75) is 32.7 Å². The minimum atomic E-state index is 0.411. The van der Waals surface area contributed by atoms with Gasteiger partial charge < -0.3 is 10.2 Å². The molecule has 2 heterocycles. The van der Waals surface area contributed by atoms with E-state index in [1.54, 1.807) is 0 Å². The zero-order chi connectivity index (χ0) is 11.4. The van der Waals surface area contributed by atoms with Crippen LogP contribution in [0.15, 0.2) is 18.3 Å². The zero-order valence-corrected chi connectivity index (χ0v) is 10.2. The SMILES string of the molecule is CCNC(C)c1ccnc(N2CCCC2)c1. The number of hydrogen-bond donors (Lipinski definition) is 1. The summed E-state index contributed by atoms with van der Waals surface area (Å²) in [7, 11) is 0. The molecular weight excluding hydrogens is 198 g/mol. The molecule has 0 bridgehead atoms. The minimum Gasteiger partial charge on any atom is -0.357 e. The lowest BCUT2D eigenvalue weighted by molar-refractivity contribution is 0.597. The first-order valence-electron chi connectivity index (χ1n) is 6.25. The van der Waals surface area contributed by atoms with Gasteiger partial charge >= 0.3 is 0 Å². The first kappa shape index (κ1) is 11.4. The lowest BCUT2D eigenvalue weighted by atomic mass is 10.1. The standard InChI is InChI=1S/C13H21N3/c1-3-14-11(2)12-6-7-15-13(10-12)16-8-4-5-9-16/h6-7,10-11,14H,3-5,8-9H2,1-2H3. The Balaban J connectivity index is 2.12. The normalized spacial score (nSPS) is 17.8. The van der Waals surface area contributed by atoms with Crippen molar-refractivity contribution < 1.29 is 0 Å². The van der Waals surface area contributed by atoms with Gasteiger partial charge in [-0.3, -0.25) is 0 Å². The second-order valence-electron chi connectivity index (χ2n) is 4.42. The average Bonchev–Trinajstić information content (AvgIpc) is 2.83. The van der Waals surface area contributed by atoms with Gasteiger partial charge in [-0.1, -0.05) is 6.92 Å². The van der Waals surface area contributed by atoms with Gasteiger partial charge in [-0.2, -0.15) is 0 Å². The van der Waals surface area contributed by atoms with E-state index in [4.69, 9.17) is 0 Å². The van der Waals surface area contributed by atoms with Gasteiger partial charge in [-0.15, -0.1) is 0 Å². The Bertz CT molecular complexity index is 332. The maximum absolute atomic E-state index is 4.46. The molecule has 0 spiro atoms. The molecule has 1 aliphatic heterocycles. The molecule has 1 aromatic heterocycles. The molecule has 3 heteroatoms. The van der Waals surface area contributed by atoms with E-state index in [0.717, 1.165) is 25.5 Å². The molecular formula is C13H21N3. The Hall–Kier alpha value is -1.09. The van der Waals surface area contributed by atoms with Crippen LogP contribution >= 0.6 is 0 Å². The molecule has 1 aromatic rings. The molecule has 1 saturated heterocycles. The van der Waals surface area contributed by atoms with Gasteiger partial charge in [0.15, 0.2) is 0 Å². The van der Waals surface area contributed by atoms with Gasteiger partial charge in [0.25, 0.3) is 0 Å². The molecule has 0 aromatic carbocycles. The van der Waals surface area contributed by atoms with Crippen LogP contribution in [0.3, 0.4) is 0 Å². The molecule has 1 fully saturated rings. The van der Waals surface area contributed by atoms with E-state index in [1.807, 2.05) is 6.20 Å². The highest BCUT2D eigenvalue weighted by atomic mass is 15.2. The fraction of sp³-hybridized carbons (Fsp3) is 0.615. The van der Waals surface area contributed by atoms with E-state index in [0.29, 0.717) is 6.04 Å². The van der Waals surface area contributed by atoms with Crippen molar-refractivity contribution in [2.75, 3.05) is 24.5 Å². The van der Waals surface area contributed by atoms with Crippen molar-refractivity contribution in [2.24, 2.45) is 0 Å². The van der Waals surface area contributed by atoms with Crippen LogP contribution in [-0.2, 0) is 0 Å². The third kappa shape index (κ3) is 2.53. The summed E-state index contributed by atoms with van der Waals surface area (Å²) in [5.41, 5.74) is 1.33. The molecule has 3 nitrogen and oxygen atoms in total. The Morgan fingerprint density at radius 1 is 1.44 bits per heavy atom. The number of anilines is 1. The lowest BCUT2D eigenvalue weighted by Crippen LogP contribution is -2.21. The second kappa shape index (κ2) is 5.30. The molecule has 1 N–H and O–H groups in total. The van der Waals surface area contributed by atoms with E-state index < -0.39 is 0 Å². The fourth-order valence-electron chi connectivity index (χ4n) is 2.25. The van der Waals surface area contributed by atoms with Crippen LogP contribution < -0.4 is 10.2 Å². The number of rotatable bonds is 4. The molecule has 2 rings (SSSR count). The Morgan fingerprint density at radius 3 is 2.88 bits per heavy atom. The third-order valence-corrected chi connectivity index (χ3v) is 3.21. The Morgan fingerprint density at radius 2 is 2.19 bits per heavy atom. The van der Waals surface area contributed by atoms with Crippen LogP contribution in [0.1, 0.15) is 38.3 Å². The lowest BCUT2D eigenvalue weighted by Gasteiger charge is -2.19. The van der Waals surface area contributed by atoms with Crippen molar-refractivity contribution >= 4 is 5.82 Å². The molecule has 0 radical (unpaired) electrons. The van der Waals surface area contributed by atoms with Gasteiger partial charge in [0, 0.05) is 25.3 Å². The minimum absolute atomic E-state index is 0.411. The summed E-state index contributed by atoms with van der Waals surface area (Å²) in [6, 6.07) is 4.74. The summed E-state index contributed by atoms with van der Waals surface area (Å²) in [6.45, 7) is 7.66. The molecule has 1 unspecified atom stereocenters. The number of pyridine rings is 1. The average molecular weight is 219 g/mol. The van der Waals surface area contributed by atoms with Crippen LogP contribution in [-0.4, -0.2) is 24.6 Å². The summed E-state index contributed by atoms with van der Waals surface area (Å²) in [6.07, 6.45) is 4.53. The first-order valence-corrected chi connectivity index (χ1v) is 6.25. The highest BCUT2D eigenvalue weighted by Gasteiger charge is 2.14. The topological polar surface area (TPSA) is 28.2 Å². The van der Waals surface area contributed by atoms with Crippen LogP contribution in [0.4, 0.5) is 5.82 Å². The second-order valence-corrected chi connectivity index (χ2v) is 4.42. The maximum atomic E-state index is 4.46. The van der Waals surface area contributed by atoms with Crippen molar-refractivity contribution in [3.05, 3.63) is 23.9 Å². The van der Waals surface area contributed by atoms with Gasteiger partial charge in [-0.05, 0) is 44.0 Å². The summed E-state index contributed by atoms with van der Waals surface area (Å²) in [4.78, 5) is 6.84. The zero-order valence-electron chi connectivity index (χ0n) is 10.2. The summed E-state index contributed by atoms with van der Waals surface area (Å²) in [5.74, 6) is 1.14. The van der Waals surface area contributed by atoms with E-state index in [-0.39, 0.29) is 0 Å². The van der Waals surface area contributed by atoms with E-state index in [9.17, 15) is 0 Å². The molecule has 1 aliphatic rings. The summed E-state index contributed by atoms with van der Waals surface area (Å²) in [5, 5.41) is 3.43. The van der Waals surface area contributed by atoms with E-state index >= 15 is 0 Å². The summed E-state index contributed by atoms with van der Waals surface area (Å²) < 4.78 is 0. The Kier molecular flexibility index (Phi) is 3.78. The van der Waals surface area contributed by atoms with E-state index in [2.05, 4.69) is 41.2 Å². The number of hydrogen-bond acceptors (Lipinski definition) is 3. The molecule has 1 atom stereocenters. The molecule has 0 saturated carbocycles. The monoisotopic (exact) mass is 219 g/mol. The van der Waals surface area contributed by atoms with Gasteiger partial charge in [0.05, 0.1) is 0 Å². The predicted molar refractivity (Wildman–Crippen MR) is 67.8 cm³/mol. The predicted octanol–water partition coefficient (Wildman–Crippen LogP) is 2.35. The largest absolute Gasteiger partial charge is 0.357 e. The van der Waals surface area contributed by atoms with Gasteiger partial charge in [0.2, 0.25) is 0 Å².